The fourth-order valence-corrected chi connectivity index (χ4v) is 3.45. The first kappa shape index (κ1) is 13.6. The van der Waals surface area contributed by atoms with E-state index in [0.717, 1.165) is 43.2 Å². The van der Waals surface area contributed by atoms with E-state index in [-0.39, 0.29) is 11.9 Å². The van der Waals surface area contributed by atoms with Crippen molar-refractivity contribution in [2.24, 2.45) is 5.10 Å². The van der Waals surface area contributed by atoms with Crippen LogP contribution in [0.15, 0.2) is 23.3 Å². The number of piperidine rings is 1. The summed E-state index contributed by atoms with van der Waals surface area (Å²) in [7, 11) is 0. The summed E-state index contributed by atoms with van der Waals surface area (Å²) in [5.74, 6) is 2.09. The topological polar surface area (TPSA) is 66.0 Å². The van der Waals surface area contributed by atoms with E-state index < -0.39 is 0 Å². The first-order chi connectivity index (χ1) is 10.7. The van der Waals surface area contributed by atoms with Crippen LogP contribution in [0, 0.1) is 0 Å². The molecule has 6 heteroatoms. The number of carbonyl (C=O) groups excluding carboxylic acids is 1. The van der Waals surface area contributed by atoms with Crippen molar-refractivity contribution in [2.75, 3.05) is 24.6 Å². The highest BCUT2D eigenvalue weighted by atomic mass is 16.5. The molecule has 6 nitrogen and oxygen atoms in total. The number of benzene rings is 1. The zero-order chi connectivity index (χ0) is 15.1. The van der Waals surface area contributed by atoms with Gasteiger partial charge in [0, 0.05) is 0 Å². The molecule has 0 aromatic heterocycles. The first-order valence-electron chi connectivity index (χ1n) is 7.87. The monoisotopic (exact) mass is 300 g/mol. The van der Waals surface area contributed by atoms with Gasteiger partial charge in [-0.1, -0.05) is 6.07 Å². The molecule has 1 amide bonds. The van der Waals surface area contributed by atoms with Crippen LogP contribution in [0.2, 0.25) is 0 Å². The minimum Gasteiger partial charge on any atom is -0.483 e. The molecule has 2 N–H and O–H groups in total. The van der Waals surface area contributed by atoms with Crippen LogP contribution < -0.4 is 20.4 Å². The molecule has 0 spiro atoms. The number of anilines is 1. The van der Waals surface area contributed by atoms with Crippen molar-refractivity contribution in [3.63, 3.8) is 0 Å². The molecule has 1 aromatic carbocycles. The third-order valence-corrected chi connectivity index (χ3v) is 4.75. The van der Waals surface area contributed by atoms with Crippen LogP contribution in [-0.2, 0) is 4.79 Å². The number of carbonyl (C=O) groups is 1. The third kappa shape index (κ3) is 2.14. The van der Waals surface area contributed by atoms with Crippen molar-refractivity contribution in [3.05, 3.63) is 23.8 Å². The summed E-state index contributed by atoms with van der Waals surface area (Å²) in [4.78, 5) is 13.9. The molecular formula is C16H20N4O2. The van der Waals surface area contributed by atoms with E-state index in [2.05, 4.69) is 28.0 Å². The molecule has 0 saturated carbocycles. The van der Waals surface area contributed by atoms with Gasteiger partial charge in [0.1, 0.15) is 18.4 Å². The number of hydrogen-bond acceptors (Lipinski definition) is 5. The lowest BCUT2D eigenvalue weighted by molar-refractivity contribution is -0.122. The van der Waals surface area contributed by atoms with Crippen molar-refractivity contribution in [2.45, 2.75) is 31.7 Å². The molecule has 4 rings (SSSR count). The molecule has 22 heavy (non-hydrogen) atoms. The maximum absolute atomic E-state index is 11.9. The summed E-state index contributed by atoms with van der Waals surface area (Å²) >= 11 is 0. The summed E-state index contributed by atoms with van der Waals surface area (Å²) in [6.45, 7) is 4.42. The molecule has 1 aromatic rings. The quantitative estimate of drug-likeness (QED) is 0.817. The van der Waals surface area contributed by atoms with Crippen LogP contribution in [0.3, 0.4) is 0 Å². The van der Waals surface area contributed by atoms with Gasteiger partial charge in [-0.3, -0.25) is 4.79 Å². The fourth-order valence-electron chi connectivity index (χ4n) is 3.45. The van der Waals surface area contributed by atoms with Gasteiger partial charge < -0.3 is 15.0 Å². The summed E-state index contributed by atoms with van der Waals surface area (Å²) in [5.41, 5.74) is 4.84. The Labute approximate surface area is 129 Å². The highest BCUT2D eigenvalue weighted by Gasteiger charge is 2.35. The lowest BCUT2D eigenvalue weighted by atomic mass is 9.89. The molecule has 1 saturated heterocycles. The van der Waals surface area contributed by atoms with Gasteiger partial charge in [0.2, 0.25) is 0 Å². The molecule has 0 radical (unpaired) electrons. The number of rotatable bonds is 1. The molecule has 0 aliphatic carbocycles. The van der Waals surface area contributed by atoms with Crippen molar-refractivity contribution >= 4 is 17.4 Å². The molecule has 116 valence electrons. The lowest BCUT2D eigenvalue weighted by Crippen LogP contribution is -2.55. The van der Waals surface area contributed by atoms with Crippen LogP contribution >= 0.6 is 0 Å². The van der Waals surface area contributed by atoms with Crippen molar-refractivity contribution in [1.82, 2.24) is 10.7 Å². The highest BCUT2D eigenvalue weighted by Crippen LogP contribution is 2.38. The van der Waals surface area contributed by atoms with Gasteiger partial charge in [-0.05, 0) is 56.5 Å². The second-order valence-electron chi connectivity index (χ2n) is 6.09. The minimum atomic E-state index is -0.265. The molecular weight excluding hydrogens is 280 g/mol. The molecule has 3 aliphatic heterocycles. The molecule has 0 bridgehead atoms. The van der Waals surface area contributed by atoms with E-state index in [1.807, 2.05) is 17.9 Å². The minimum absolute atomic E-state index is 0.0798. The number of nitrogens with zero attached hydrogens (tertiary/aromatic N) is 2. The Kier molecular flexibility index (Phi) is 3.26. The standard InChI is InChI=1S/C16H20N4O2/c1-10-16(21)19-18-15-9-22-14-3-2-12(8-13(14)20(10)15)11-4-6-17-7-5-11/h2-3,8,10-11,17H,4-7,9H2,1H3,(H,19,21). The summed E-state index contributed by atoms with van der Waals surface area (Å²) in [6.07, 6.45) is 2.30. The zero-order valence-corrected chi connectivity index (χ0v) is 12.6. The average molecular weight is 300 g/mol. The van der Waals surface area contributed by atoms with Gasteiger partial charge >= 0.3 is 0 Å². The van der Waals surface area contributed by atoms with Crippen molar-refractivity contribution in [3.8, 4) is 5.75 Å². The number of amidine groups is 1. The number of amides is 1. The lowest BCUT2D eigenvalue weighted by Gasteiger charge is -2.38. The SMILES string of the molecule is CC1C(=O)NN=C2COc3ccc(C4CCNCC4)cc3N21. The number of fused-ring (bicyclic) bond motifs is 3. The van der Waals surface area contributed by atoms with Gasteiger partial charge in [0.25, 0.3) is 5.91 Å². The number of hydrogen-bond donors (Lipinski definition) is 2. The Balaban J connectivity index is 1.73. The fraction of sp³-hybridized carbons (Fsp3) is 0.500. The Morgan fingerprint density at radius 2 is 2.14 bits per heavy atom. The summed E-state index contributed by atoms with van der Waals surface area (Å²) < 4.78 is 5.78. The van der Waals surface area contributed by atoms with Crippen LogP contribution in [0.4, 0.5) is 5.69 Å². The summed E-state index contributed by atoms with van der Waals surface area (Å²) in [5, 5.41) is 7.53. The molecule has 1 unspecified atom stereocenters. The maximum Gasteiger partial charge on any atom is 0.262 e. The third-order valence-electron chi connectivity index (χ3n) is 4.75. The highest BCUT2D eigenvalue weighted by molar-refractivity contribution is 6.09. The second kappa shape index (κ2) is 5.28. The van der Waals surface area contributed by atoms with Gasteiger partial charge in [0.05, 0.1) is 5.69 Å². The number of hydrazone groups is 1. The van der Waals surface area contributed by atoms with Gasteiger partial charge in [0.15, 0.2) is 5.84 Å². The summed E-state index contributed by atoms with van der Waals surface area (Å²) in [6, 6.07) is 6.10. The van der Waals surface area contributed by atoms with Gasteiger partial charge in [-0.25, -0.2) is 5.43 Å². The smallest absolute Gasteiger partial charge is 0.262 e. The van der Waals surface area contributed by atoms with Crippen molar-refractivity contribution < 1.29 is 9.53 Å². The van der Waals surface area contributed by atoms with Crippen molar-refractivity contribution in [1.29, 1.82) is 0 Å². The molecule has 1 atom stereocenters. The van der Waals surface area contributed by atoms with Crippen LogP contribution in [0.25, 0.3) is 0 Å². The maximum atomic E-state index is 11.9. The van der Waals surface area contributed by atoms with Crippen LogP contribution in [-0.4, -0.2) is 37.5 Å². The molecule has 3 heterocycles. The Bertz CT molecular complexity index is 637. The van der Waals surface area contributed by atoms with E-state index in [4.69, 9.17) is 4.74 Å². The Morgan fingerprint density at radius 3 is 2.95 bits per heavy atom. The van der Waals surface area contributed by atoms with Gasteiger partial charge in [-0.15, -0.1) is 0 Å². The van der Waals surface area contributed by atoms with E-state index in [1.54, 1.807) is 0 Å². The second-order valence-corrected chi connectivity index (χ2v) is 6.09. The van der Waals surface area contributed by atoms with E-state index in [1.165, 1.54) is 5.56 Å². The predicted octanol–water partition coefficient (Wildman–Crippen LogP) is 1.18. The first-order valence-corrected chi connectivity index (χ1v) is 7.87. The molecule has 3 aliphatic rings. The van der Waals surface area contributed by atoms with E-state index in [0.29, 0.717) is 12.5 Å². The normalized spacial score (nSPS) is 24.8. The predicted molar refractivity (Wildman–Crippen MR) is 84.3 cm³/mol. The zero-order valence-electron chi connectivity index (χ0n) is 12.6. The largest absolute Gasteiger partial charge is 0.483 e. The van der Waals surface area contributed by atoms with E-state index >= 15 is 0 Å². The Morgan fingerprint density at radius 1 is 1.32 bits per heavy atom. The Hall–Kier alpha value is -2.08. The van der Waals surface area contributed by atoms with Crippen LogP contribution in [0.5, 0.6) is 5.75 Å². The van der Waals surface area contributed by atoms with Crippen LogP contribution in [0.1, 0.15) is 31.2 Å². The van der Waals surface area contributed by atoms with E-state index in [9.17, 15) is 4.79 Å². The average Bonchev–Trinajstić information content (AvgIpc) is 2.58. The van der Waals surface area contributed by atoms with Gasteiger partial charge in [-0.2, -0.15) is 5.10 Å². The molecule has 1 fully saturated rings. The number of nitrogens with one attached hydrogen (secondary N) is 2. The number of ether oxygens (including phenoxy) is 1.